The number of anilines is 2. The Kier molecular flexibility index (Phi) is 5.44. The molecule has 1 amide bonds. The largest absolute Gasteiger partial charge is 0.355 e. The third-order valence-corrected chi connectivity index (χ3v) is 4.37. The van der Waals surface area contributed by atoms with Crippen LogP contribution in [0.15, 0.2) is 36.7 Å². The Morgan fingerprint density at radius 1 is 1.23 bits per heavy atom. The van der Waals surface area contributed by atoms with Gasteiger partial charge in [-0.3, -0.25) is 9.78 Å². The standard InChI is InChI=1S/C19H22F2N4O/c1-19(20,21)15-7-5-6-14(10-15)11-18(26)24-16-12-22-13-17(23-16)25-8-3-2-4-9-25/h5-7,10,12-13H,2-4,8-9,11H2,1H3,(H,23,24,26). The molecular formula is C19H22F2N4O. The van der Waals surface area contributed by atoms with Crippen LogP contribution in [-0.2, 0) is 17.1 Å². The van der Waals surface area contributed by atoms with E-state index >= 15 is 0 Å². The van der Waals surface area contributed by atoms with Gasteiger partial charge in [0.2, 0.25) is 5.91 Å². The van der Waals surface area contributed by atoms with Crippen molar-refractivity contribution in [2.45, 2.75) is 38.5 Å². The lowest BCUT2D eigenvalue weighted by Crippen LogP contribution is -2.30. The molecule has 2 aromatic rings. The SMILES string of the molecule is CC(F)(F)c1cccc(CC(=O)Nc2cncc(N3CCCCC3)n2)c1. The topological polar surface area (TPSA) is 58.1 Å². The molecule has 1 aromatic carbocycles. The van der Waals surface area contributed by atoms with E-state index in [-0.39, 0.29) is 17.9 Å². The zero-order valence-corrected chi connectivity index (χ0v) is 14.7. The molecule has 138 valence electrons. The highest BCUT2D eigenvalue weighted by molar-refractivity contribution is 5.91. The van der Waals surface area contributed by atoms with Crippen molar-refractivity contribution in [1.82, 2.24) is 9.97 Å². The van der Waals surface area contributed by atoms with Crippen LogP contribution in [0.1, 0.15) is 37.3 Å². The van der Waals surface area contributed by atoms with Crippen molar-refractivity contribution in [3.63, 3.8) is 0 Å². The number of rotatable bonds is 5. The van der Waals surface area contributed by atoms with Gasteiger partial charge >= 0.3 is 0 Å². The number of halogens is 2. The summed E-state index contributed by atoms with van der Waals surface area (Å²) < 4.78 is 26.8. The molecule has 26 heavy (non-hydrogen) atoms. The summed E-state index contributed by atoms with van der Waals surface area (Å²) in [7, 11) is 0. The first-order valence-corrected chi connectivity index (χ1v) is 8.76. The molecule has 1 aliphatic rings. The Bertz CT molecular complexity index is 770. The van der Waals surface area contributed by atoms with E-state index in [1.165, 1.54) is 30.8 Å². The second kappa shape index (κ2) is 7.76. The number of amides is 1. The first-order chi connectivity index (χ1) is 12.4. The van der Waals surface area contributed by atoms with Gasteiger partial charge in [0.15, 0.2) is 5.82 Å². The Balaban J connectivity index is 1.65. The van der Waals surface area contributed by atoms with Crippen LogP contribution >= 0.6 is 0 Å². The average Bonchev–Trinajstić information content (AvgIpc) is 2.62. The summed E-state index contributed by atoms with van der Waals surface area (Å²) in [6, 6.07) is 5.90. The van der Waals surface area contributed by atoms with Crippen molar-refractivity contribution >= 4 is 17.5 Å². The number of alkyl halides is 2. The van der Waals surface area contributed by atoms with Gasteiger partial charge in [-0.25, -0.2) is 13.8 Å². The molecule has 0 saturated carbocycles. The molecule has 0 radical (unpaired) electrons. The third kappa shape index (κ3) is 4.74. The van der Waals surface area contributed by atoms with Crippen molar-refractivity contribution in [3.8, 4) is 0 Å². The highest BCUT2D eigenvalue weighted by Crippen LogP contribution is 2.27. The Labute approximate surface area is 151 Å². The van der Waals surface area contributed by atoms with E-state index < -0.39 is 5.92 Å². The van der Waals surface area contributed by atoms with Gasteiger partial charge in [0.25, 0.3) is 5.92 Å². The van der Waals surface area contributed by atoms with Gasteiger partial charge in [-0.1, -0.05) is 18.2 Å². The van der Waals surface area contributed by atoms with E-state index in [9.17, 15) is 13.6 Å². The molecule has 3 rings (SSSR count). The molecule has 0 atom stereocenters. The van der Waals surface area contributed by atoms with Crippen molar-refractivity contribution in [2.24, 2.45) is 0 Å². The number of nitrogens with one attached hydrogen (secondary N) is 1. The summed E-state index contributed by atoms with van der Waals surface area (Å²) in [5.41, 5.74) is 0.427. The minimum absolute atomic E-state index is 0.000454. The molecule has 2 heterocycles. The van der Waals surface area contributed by atoms with E-state index in [2.05, 4.69) is 20.2 Å². The molecule has 5 nitrogen and oxygen atoms in total. The molecule has 0 aliphatic carbocycles. The lowest BCUT2D eigenvalue weighted by Gasteiger charge is -2.27. The Morgan fingerprint density at radius 3 is 2.73 bits per heavy atom. The Hall–Kier alpha value is -2.57. The maximum atomic E-state index is 13.4. The molecule has 0 unspecified atom stereocenters. The van der Waals surface area contributed by atoms with Crippen LogP contribution in [0.2, 0.25) is 0 Å². The van der Waals surface area contributed by atoms with Crippen LogP contribution in [0.4, 0.5) is 20.4 Å². The molecular weight excluding hydrogens is 338 g/mol. The molecule has 0 bridgehead atoms. The predicted octanol–water partition coefficient (Wildman–Crippen LogP) is 3.76. The van der Waals surface area contributed by atoms with E-state index in [1.54, 1.807) is 12.3 Å². The zero-order chi connectivity index (χ0) is 18.6. The lowest BCUT2D eigenvalue weighted by atomic mass is 10.0. The summed E-state index contributed by atoms with van der Waals surface area (Å²) in [6.45, 7) is 2.71. The molecule has 1 saturated heterocycles. The number of benzene rings is 1. The van der Waals surface area contributed by atoms with Crippen molar-refractivity contribution in [3.05, 3.63) is 47.8 Å². The Morgan fingerprint density at radius 2 is 2.00 bits per heavy atom. The number of piperidine rings is 1. The van der Waals surface area contributed by atoms with Crippen LogP contribution < -0.4 is 10.2 Å². The smallest absolute Gasteiger partial charge is 0.270 e. The summed E-state index contributed by atoms with van der Waals surface area (Å²) in [5.74, 6) is -2.13. The minimum Gasteiger partial charge on any atom is -0.355 e. The fourth-order valence-corrected chi connectivity index (χ4v) is 3.02. The van der Waals surface area contributed by atoms with Gasteiger partial charge < -0.3 is 10.2 Å². The van der Waals surface area contributed by atoms with Crippen LogP contribution in [0.5, 0.6) is 0 Å². The minimum atomic E-state index is -2.93. The van der Waals surface area contributed by atoms with Gasteiger partial charge in [-0.2, -0.15) is 0 Å². The summed E-state index contributed by atoms with van der Waals surface area (Å²) >= 11 is 0. The second-order valence-corrected chi connectivity index (χ2v) is 6.62. The molecule has 1 aromatic heterocycles. The van der Waals surface area contributed by atoms with E-state index in [0.717, 1.165) is 38.7 Å². The van der Waals surface area contributed by atoms with Gasteiger partial charge in [-0.05, 0) is 30.9 Å². The molecule has 7 heteroatoms. The fourth-order valence-electron chi connectivity index (χ4n) is 3.02. The maximum Gasteiger partial charge on any atom is 0.270 e. The van der Waals surface area contributed by atoms with Crippen molar-refractivity contribution in [2.75, 3.05) is 23.3 Å². The van der Waals surface area contributed by atoms with Crippen LogP contribution in [0, 0.1) is 0 Å². The number of nitrogens with zero attached hydrogens (tertiary/aromatic N) is 3. The van der Waals surface area contributed by atoms with E-state index in [1.807, 2.05) is 0 Å². The molecule has 1 aliphatic heterocycles. The van der Waals surface area contributed by atoms with E-state index in [4.69, 9.17) is 0 Å². The lowest BCUT2D eigenvalue weighted by molar-refractivity contribution is -0.115. The summed E-state index contributed by atoms with van der Waals surface area (Å²) in [5, 5.41) is 2.70. The van der Waals surface area contributed by atoms with Gasteiger partial charge in [0.1, 0.15) is 5.82 Å². The van der Waals surface area contributed by atoms with E-state index in [0.29, 0.717) is 11.4 Å². The number of carbonyl (C=O) groups excluding carboxylic acids is 1. The highest BCUT2D eigenvalue weighted by Gasteiger charge is 2.24. The number of hydrogen-bond acceptors (Lipinski definition) is 4. The third-order valence-electron chi connectivity index (χ3n) is 4.37. The van der Waals surface area contributed by atoms with Crippen molar-refractivity contribution < 1.29 is 13.6 Å². The first-order valence-electron chi connectivity index (χ1n) is 8.76. The molecule has 1 fully saturated rings. The maximum absolute atomic E-state index is 13.4. The van der Waals surface area contributed by atoms with Crippen molar-refractivity contribution in [1.29, 1.82) is 0 Å². The van der Waals surface area contributed by atoms with Crippen LogP contribution in [0.25, 0.3) is 0 Å². The number of aromatic nitrogens is 2. The zero-order valence-electron chi connectivity index (χ0n) is 14.7. The summed E-state index contributed by atoms with van der Waals surface area (Å²) in [6.07, 6.45) is 6.64. The van der Waals surface area contributed by atoms with Gasteiger partial charge in [0, 0.05) is 25.6 Å². The van der Waals surface area contributed by atoms with Crippen LogP contribution in [-0.4, -0.2) is 29.0 Å². The fraction of sp³-hybridized carbons (Fsp3) is 0.421. The predicted molar refractivity (Wildman–Crippen MR) is 96.4 cm³/mol. The monoisotopic (exact) mass is 360 g/mol. The van der Waals surface area contributed by atoms with Crippen LogP contribution in [0.3, 0.4) is 0 Å². The molecule has 0 spiro atoms. The number of hydrogen-bond donors (Lipinski definition) is 1. The number of carbonyl (C=O) groups is 1. The van der Waals surface area contributed by atoms with Gasteiger partial charge in [-0.15, -0.1) is 0 Å². The van der Waals surface area contributed by atoms with Gasteiger partial charge in [0.05, 0.1) is 18.8 Å². The normalized spacial score (nSPS) is 15.0. The summed E-state index contributed by atoms with van der Waals surface area (Å²) in [4.78, 5) is 23.0. The highest BCUT2D eigenvalue weighted by atomic mass is 19.3. The second-order valence-electron chi connectivity index (χ2n) is 6.62. The molecule has 1 N–H and O–H groups in total. The average molecular weight is 360 g/mol. The first kappa shape index (κ1) is 18.2. The quantitative estimate of drug-likeness (QED) is 0.882.